The zero-order valence-corrected chi connectivity index (χ0v) is 11.1. The van der Waals surface area contributed by atoms with Crippen LogP contribution in [0.5, 0.6) is 0 Å². The molecule has 0 bridgehead atoms. The molecule has 0 unspecified atom stereocenters. The van der Waals surface area contributed by atoms with E-state index < -0.39 is 17.7 Å². The smallest absolute Gasteiger partial charge is 0.418 e. The van der Waals surface area contributed by atoms with Crippen LogP contribution in [0, 0.1) is 0 Å². The van der Waals surface area contributed by atoms with Gasteiger partial charge < -0.3 is 5.11 Å². The average molecular weight is 308 g/mol. The Morgan fingerprint density at radius 3 is 2.41 bits per heavy atom. The van der Waals surface area contributed by atoms with Crippen LogP contribution in [-0.2, 0) is 6.18 Å². The van der Waals surface area contributed by atoms with E-state index in [1.807, 2.05) is 0 Å². The Balaban J connectivity index is 2.23. The summed E-state index contributed by atoms with van der Waals surface area (Å²) < 4.78 is 38.4. The summed E-state index contributed by atoms with van der Waals surface area (Å²) in [6.45, 7) is 0. The fraction of sp³-hybridized carbons (Fsp3) is 0.0667. The standard InChI is InChI=1S/C15H11F3N2O2/c16-15(17,18)12-7-3-4-8-13(12)20-19-9-10-5-1-2-6-11(10)14(21)22/h1-9,20H,(H,21,22)/b19-9+. The number of rotatable bonds is 4. The second kappa shape index (κ2) is 6.30. The number of hydrazone groups is 1. The molecule has 0 heterocycles. The van der Waals surface area contributed by atoms with Gasteiger partial charge in [-0.2, -0.15) is 18.3 Å². The van der Waals surface area contributed by atoms with Crippen LogP contribution in [-0.4, -0.2) is 17.3 Å². The Bertz CT molecular complexity index is 712. The third-order valence-electron chi connectivity index (χ3n) is 2.81. The molecule has 0 atom stereocenters. The molecule has 0 radical (unpaired) electrons. The van der Waals surface area contributed by atoms with E-state index in [2.05, 4.69) is 10.5 Å². The highest BCUT2D eigenvalue weighted by molar-refractivity contribution is 5.98. The summed E-state index contributed by atoms with van der Waals surface area (Å²) in [5.74, 6) is -1.14. The number of carboxylic acid groups (broad SMARTS) is 1. The number of nitrogens with one attached hydrogen (secondary N) is 1. The molecule has 0 saturated heterocycles. The minimum atomic E-state index is -4.50. The second-order valence-electron chi connectivity index (χ2n) is 4.31. The van der Waals surface area contributed by atoms with Crippen LogP contribution in [0.3, 0.4) is 0 Å². The molecule has 0 spiro atoms. The Morgan fingerprint density at radius 2 is 1.73 bits per heavy atom. The number of carbonyl (C=O) groups is 1. The molecular weight excluding hydrogens is 297 g/mol. The third kappa shape index (κ3) is 3.63. The highest BCUT2D eigenvalue weighted by Crippen LogP contribution is 2.34. The highest BCUT2D eigenvalue weighted by atomic mass is 19.4. The van der Waals surface area contributed by atoms with Gasteiger partial charge in [0, 0.05) is 5.56 Å². The summed E-state index contributed by atoms with van der Waals surface area (Å²) in [4.78, 5) is 11.0. The topological polar surface area (TPSA) is 61.7 Å². The van der Waals surface area contributed by atoms with Gasteiger partial charge in [0.05, 0.1) is 23.0 Å². The van der Waals surface area contributed by atoms with Crippen molar-refractivity contribution in [2.75, 3.05) is 5.43 Å². The van der Waals surface area contributed by atoms with Crippen molar-refractivity contribution in [3.8, 4) is 0 Å². The average Bonchev–Trinajstić information content (AvgIpc) is 2.47. The van der Waals surface area contributed by atoms with Crippen LogP contribution in [0.2, 0.25) is 0 Å². The molecule has 0 aliphatic carbocycles. The number of carboxylic acids is 1. The number of alkyl halides is 3. The summed E-state index contributed by atoms with van der Waals surface area (Å²) in [5, 5.41) is 12.7. The number of aromatic carboxylic acids is 1. The molecule has 22 heavy (non-hydrogen) atoms. The van der Waals surface area contributed by atoms with Gasteiger partial charge in [0.15, 0.2) is 0 Å². The summed E-state index contributed by atoms with van der Waals surface area (Å²) >= 11 is 0. The summed E-state index contributed by atoms with van der Waals surface area (Å²) in [6.07, 6.45) is -3.34. The molecule has 114 valence electrons. The predicted octanol–water partition coefficient (Wildman–Crippen LogP) is 3.85. The van der Waals surface area contributed by atoms with E-state index in [9.17, 15) is 18.0 Å². The maximum Gasteiger partial charge on any atom is 0.418 e. The number of nitrogens with zero attached hydrogens (tertiary/aromatic N) is 1. The summed E-state index contributed by atoms with van der Waals surface area (Å²) in [5.41, 5.74) is 1.53. The minimum absolute atomic E-state index is 0.0113. The van der Waals surface area contributed by atoms with E-state index >= 15 is 0 Å². The number of anilines is 1. The molecule has 2 aromatic rings. The molecular formula is C15H11F3N2O2. The van der Waals surface area contributed by atoms with Crippen LogP contribution in [0.1, 0.15) is 21.5 Å². The number of benzene rings is 2. The van der Waals surface area contributed by atoms with Crippen LogP contribution in [0.4, 0.5) is 18.9 Å². The first-order chi connectivity index (χ1) is 10.4. The second-order valence-corrected chi connectivity index (χ2v) is 4.31. The summed E-state index contributed by atoms with van der Waals surface area (Å²) in [7, 11) is 0. The maximum absolute atomic E-state index is 12.8. The Morgan fingerprint density at radius 1 is 1.09 bits per heavy atom. The molecule has 0 amide bonds. The van der Waals surface area contributed by atoms with Gasteiger partial charge in [-0.3, -0.25) is 5.43 Å². The van der Waals surface area contributed by atoms with Crippen molar-refractivity contribution >= 4 is 17.9 Å². The number of hydrogen-bond acceptors (Lipinski definition) is 3. The molecule has 2 rings (SSSR count). The maximum atomic E-state index is 12.8. The first kappa shape index (κ1) is 15.6. The zero-order valence-electron chi connectivity index (χ0n) is 11.1. The minimum Gasteiger partial charge on any atom is -0.478 e. The lowest BCUT2D eigenvalue weighted by Crippen LogP contribution is -2.08. The van der Waals surface area contributed by atoms with Gasteiger partial charge >= 0.3 is 12.1 Å². The van der Waals surface area contributed by atoms with Gasteiger partial charge in [-0.25, -0.2) is 4.79 Å². The Hall–Kier alpha value is -2.83. The molecule has 2 N–H and O–H groups in total. The molecule has 0 aromatic heterocycles. The van der Waals surface area contributed by atoms with Crippen molar-refractivity contribution in [2.24, 2.45) is 5.10 Å². The number of halogens is 3. The van der Waals surface area contributed by atoms with Crippen LogP contribution in [0.25, 0.3) is 0 Å². The van der Waals surface area contributed by atoms with Gasteiger partial charge in [0.25, 0.3) is 0 Å². The molecule has 0 fully saturated rings. The van der Waals surface area contributed by atoms with E-state index in [0.29, 0.717) is 0 Å². The van der Waals surface area contributed by atoms with Gasteiger partial charge in [0.1, 0.15) is 0 Å². The van der Waals surface area contributed by atoms with Crippen LogP contribution >= 0.6 is 0 Å². The first-order valence-corrected chi connectivity index (χ1v) is 6.17. The van der Waals surface area contributed by atoms with Crippen LogP contribution in [0.15, 0.2) is 53.6 Å². The van der Waals surface area contributed by atoms with E-state index in [1.165, 1.54) is 30.3 Å². The van der Waals surface area contributed by atoms with Crippen molar-refractivity contribution in [3.05, 3.63) is 65.2 Å². The van der Waals surface area contributed by atoms with Gasteiger partial charge in [0.2, 0.25) is 0 Å². The molecule has 0 aliphatic heterocycles. The fourth-order valence-corrected chi connectivity index (χ4v) is 1.80. The van der Waals surface area contributed by atoms with E-state index in [4.69, 9.17) is 5.11 Å². The monoisotopic (exact) mass is 308 g/mol. The SMILES string of the molecule is O=C(O)c1ccccc1/C=N/Nc1ccccc1C(F)(F)F. The van der Waals surface area contributed by atoms with E-state index in [0.717, 1.165) is 12.3 Å². The molecule has 0 saturated carbocycles. The molecule has 7 heteroatoms. The van der Waals surface area contributed by atoms with E-state index in [1.54, 1.807) is 12.1 Å². The lowest BCUT2D eigenvalue weighted by Gasteiger charge is -2.11. The number of para-hydroxylation sites is 1. The normalized spacial score (nSPS) is 11.6. The Kier molecular flexibility index (Phi) is 4.45. The predicted molar refractivity (Wildman–Crippen MR) is 76.1 cm³/mol. The molecule has 2 aromatic carbocycles. The number of hydrogen-bond donors (Lipinski definition) is 2. The highest BCUT2D eigenvalue weighted by Gasteiger charge is 2.33. The van der Waals surface area contributed by atoms with Gasteiger partial charge in [-0.1, -0.05) is 30.3 Å². The zero-order chi connectivity index (χ0) is 16.2. The lowest BCUT2D eigenvalue weighted by atomic mass is 10.1. The quantitative estimate of drug-likeness (QED) is 0.666. The van der Waals surface area contributed by atoms with Crippen molar-refractivity contribution in [1.82, 2.24) is 0 Å². The molecule has 0 aliphatic rings. The Labute approximate surface area is 123 Å². The molecule has 4 nitrogen and oxygen atoms in total. The van der Waals surface area contributed by atoms with E-state index in [-0.39, 0.29) is 16.8 Å². The van der Waals surface area contributed by atoms with Gasteiger partial charge in [-0.15, -0.1) is 0 Å². The first-order valence-electron chi connectivity index (χ1n) is 6.17. The third-order valence-corrected chi connectivity index (χ3v) is 2.81. The van der Waals surface area contributed by atoms with Crippen LogP contribution < -0.4 is 5.43 Å². The van der Waals surface area contributed by atoms with Gasteiger partial charge in [-0.05, 0) is 18.2 Å². The van der Waals surface area contributed by atoms with Crippen molar-refractivity contribution in [1.29, 1.82) is 0 Å². The van der Waals surface area contributed by atoms with Crippen molar-refractivity contribution in [3.63, 3.8) is 0 Å². The lowest BCUT2D eigenvalue weighted by molar-refractivity contribution is -0.136. The van der Waals surface area contributed by atoms with Crippen molar-refractivity contribution in [2.45, 2.75) is 6.18 Å². The largest absolute Gasteiger partial charge is 0.478 e. The fourth-order valence-electron chi connectivity index (χ4n) is 1.80. The van der Waals surface area contributed by atoms with Crippen molar-refractivity contribution < 1.29 is 23.1 Å². The summed E-state index contributed by atoms with van der Waals surface area (Å²) in [6, 6.07) is 10.9.